The fourth-order valence-corrected chi connectivity index (χ4v) is 3.03. The van der Waals surface area contributed by atoms with Crippen molar-refractivity contribution >= 4 is 17.8 Å². The van der Waals surface area contributed by atoms with Crippen molar-refractivity contribution in [2.45, 2.75) is 32.4 Å². The summed E-state index contributed by atoms with van der Waals surface area (Å²) in [5.41, 5.74) is 5.87. The number of hydrogen-bond acceptors (Lipinski definition) is 7. The quantitative estimate of drug-likeness (QED) is 0.235. The molecule has 0 saturated carbocycles. The van der Waals surface area contributed by atoms with Crippen molar-refractivity contribution in [2.24, 2.45) is 5.73 Å². The molecule has 33 heavy (non-hydrogen) atoms. The van der Waals surface area contributed by atoms with Crippen molar-refractivity contribution < 1.29 is 47.1 Å². The predicted octanol–water partition coefficient (Wildman–Crippen LogP) is -2.44. The summed E-state index contributed by atoms with van der Waals surface area (Å²) in [6.45, 7) is 8.28. The number of β-amino-alcohol motifs (C(OH)–C–C–N with tert-alkyl or cyclic N) is 1. The van der Waals surface area contributed by atoms with Gasteiger partial charge in [0, 0.05) is 44.9 Å². The van der Waals surface area contributed by atoms with Crippen molar-refractivity contribution in [1.82, 2.24) is 25.1 Å². The normalized spacial score (nSPS) is 16.7. The summed E-state index contributed by atoms with van der Waals surface area (Å²) in [4.78, 5) is 43.0. The fraction of sp³-hybridized carbons (Fsp3) is 0.684. The van der Waals surface area contributed by atoms with E-state index >= 15 is 0 Å². The largest absolute Gasteiger partial charge is 3.00 e. The van der Waals surface area contributed by atoms with E-state index in [0.29, 0.717) is 32.6 Å². The molecule has 2 amide bonds. The van der Waals surface area contributed by atoms with E-state index in [1.165, 1.54) is 13.3 Å². The van der Waals surface area contributed by atoms with E-state index in [-0.39, 0.29) is 41.1 Å². The molecule has 0 spiro atoms. The number of nitrogens with two attached hydrogens (primary N) is 1. The van der Waals surface area contributed by atoms with Crippen LogP contribution in [0.4, 0.5) is 0 Å². The van der Waals surface area contributed by atoms with Gasteiger partial charge in [0.15, 0.2) is 0 Å². The Morgan fingerprint density at radius 1 is 1.24 bits per heavy atom. The van der Waals surface area contributed by atoms with Gasteiger partial charge in [-0.25, -0.2) is 4.98 Å². The number of carboxylic acid groups (broad SMARTS) is 1. The number of carbonyl (C=O) groups is 3. The van der Waals surface area contributed by atoms with Gasteiger partial charge < -0.3 is 41.9 Å². The molecule has 14 heteroatoms. The average Bonchev–Trinajstić information content (AvgIpc) is 3.19. The van der Waals surface area contributed by atoms with Crippen LogP contribution in [0.2, 0.25) is 0 Å². The summed E-state index contributed by atoms with van der Waals surface area (Å²) in [7, 11) is 0. The van der Waals surface area contributed by atoms with E-state index in [1.54, 1.807) is 13.1 Å². The van der Waals surface area contributed by atoms with Gasteiger partial charge in [0.05, 0.1) is 19.0 Å². The molecule has 188 valence electrons. The molecule has 1 aliphatic rings. The molecule has 2 unspecified atom stereocenters. The first-order chi connectivity index (χ1) is 14.7. The molecule has 2 rings (SSSR count). The number of primary amides is 1. The second kappa shape index (κ2) is 18.4. The Hall–Kier alpha value is -2.06. The number of imidazole rings is 1. The second-order valence-electron chi connectivity index (χ2n) is 7.43. The van der Waals surface area contributed by atoms with Crippen molar-refractivity contribution in [1.29, 1.82) is 0 Å². The number of nitrogens with one attached hydrogen (secondary N) is 2. The summed E-state index contributed by atoms with van der Waals surface area (Å²) in [5, 5.41) is 25.0. The third kappa shape index (κ3) is 16.2. The fourth-order valence-electron chi connectivity index (χ4n) is 3.03. The Morgan fingerprint density at radius 2 is 1.85 bits per heavy atom. The van der Waals surface area contributed by atoms with Gasteiger partial charge in [0.25, 0.3) is 0 Å². The first kappa shape index (κ1) is 33.1. The summed E-state index contributed by atoms with van der Waals surface area (Å²) in [6.07, 6.45) is 3.05. The van der Waals surface area contributed by atoms with Crippen LogP contribution >= 0.6 is 0 Å². The molecule has 2 atom stereocenters. The van der Waals surface area contributed by atoms with Crippen LogP contribution in [0.5, 0.6) is 0 Å². The first-order valence-corrected chi connectivity index (χ1v) is 10.2. The molecule has 1 fully saturated rings. The molecule has 0 bridgehead atoms. The number of carboxylic acids is 1. The van der Waals surface area contributed by atoms with Crippen LogP contribution < -0.4 is 11.1 Å². The van der Waals surface area contributed by atoms with Gasteiger partial charge in [-0.05, 0) is 20.0 Å². The van der Waals surface area contributed by atoms with E-state index in [2.05, 4.69) is 25.5 Å². The molecule has 1 aromatic rings. The van der Waals surface area contributed by atoms with E-state index in [4.69, 9.17) is 10.8 Å². The van der Waals surface area contributed by atoms with Crippen LogP contribution in [0.3, 0.4) is 0 Å². The molecule has 2 heterocycles. The van der Waals surface area contributed by atoms with Crippen LogP contribution in [0.15, 0.2) is 12.5 Å². The number of carbonyl (C=O) groups excluding carboxylic acids is 2. The molecule has 1 aromatic heterocycles. The van der Waals surface area contributed by atoms with E-state index in [9.17, 15) is 19.5 Å². The summed E-state index contributed by atoms with van der Waals surface area (Å²) < 4.78 is 0. The van der Waals surface area contributed by atoms with Gasteiger partial charge in [-0.2, -0.15) is 0 Å². The number of aliphatic hydroxyl groups is 1. The van der Waals surface area contributed by atoms with Crippen LogP contribution in [0, 0.1) is 0 Å². The molecular weight excluding hydrogens is 477 g/mol. The Labute approximate surface area is 204 Å². The maximum Gasteiger partial charge on any atom is 3.00 e. The van der Waals surface area contributed by atoms with Gasteiger partial charge in [0.2, 0.25) is 11.8 Å². The van der Waals surface area contributed by atoms with Crippen molar-refractivity contribution in [3.05, 3.63) is 23.5 Å². The topological polar surface area (TPSA) is 210 Å². The number of rotatable bonds is 8. The maximum atomic E-state index is 10.9. The standard InChI is InChI=1S/C11H22N3O3.C8H12N4O2.Mn.H2O/c1-10(15)8-13-4-2-12-3-5-14(7-6-13)9-11(16)17;1-5(13)12-7(8(9)14)2-6-3-10-4-11-6;;/h10,15H,2-9H2,1H3,(H,16,17);3-4,7H,2H2,1H3,(H2,9,14)(H,10,11)(H,12,13);;1H2/q-1;;+3;. The third-order valence-corrected chi connectivity index (χ3v) is 4.46. The van der Waals surface area contributed by atoms with Crippen LogP contribution in [0.25, 0.3) is 5.32 Å². The zero-order chi connectivity index (χ0) is 23.2. The Bertz CT molecular complexity index is 678. The second-order valence-corrected chi connectivity index (χ2v) is 7.43. The molecular formula is C19H36MnN7O6+2. The summed E-state index contributed by atoms with van der Waals surface area (Å²) in [5.74, 6) is -1.64. The maximum absolute atomic E-state index is 10.9. The zero-order valence-corrected chi connectivity index (χ0v) is 20.2. The van der Waals surface area contributed by atoms with Gasteiger partial charge in [-0.1, -0.05) is 0 Å². The monoisotopic (exact) mass is 513 g/mol. The Balaban J connectivity index is 0. The van der Waals surface area contributed by atoms with E-state index in [1.807, 2.05) is 4.90 Å². The summed E-state index contributed by atoms with van der Waals surface area (Å²) >= 11 is 0. The average molecular weight is 513 g/mol. The zero-order valence-electron chi connectivity index (χ0n) is 19.0. The van der Waals surface area contributed by atoms with Crippen LogP contribution in [0.1, 0.15) is 19.5 Å². The number of nitrogens with zero attached hydrogens (tertiary/aromatic N) is 4. The van der Waals surface area contributed by atoms with Crippen LogP contribution in [-0.4, -0.2) is 118 Å². The minimum atomic E-state index is -0.800. The Kier molecular flexibility index (Phi) is 18.4. The number of aromatic amines is 1. The SMILES string of the molecule is CC(=O)NC(Cc1cnc[nH]1)C(N)=O.CC(O)CN1CC[N-]CCN(CC(=O)O)CC1.O.[Mn+3]. The van der Waals surface area contributed by atoms with Crippen LogP contribution in [-0.2, 0) is 37.9 Å². The first-order valence-electron chi connectivity index (χ1n) is 10.2. The van der Waals surface area contributed by atoms with Gasteiger partial charge in [-0.3, -0.25) is 19.3 Å². The molecule has 0 radical (unpaired) electrons. The molecule has 13 nitrogen and oxygen atoms in total. The molecule has 1 saturated heterocycles. The van der Waals surface area contributed by atoms with Crippen molar-refractivity contribution in [3.8, 4) is 0 Å². The molecule has 0 aromatic carbocycles. The number of aromatic nitrogens is 2. The molecule has 1 aliphatic heterocycles. The predicted molar refractivity (Wildman–Crippen MR) is 118 cm³/mol. The third-order valence-electron chi connectivity index (χ3n) is 4.46. The van der Waals surface area contributed by atoms with E-state index in [0.717, 1.165) is 25.3 Å². The van der Waals surface area contributed by atoms with Gasteiger partial charge in [0.1, 0.15) is 6.04 Å². The summed E-state index contributed by atoms with van der Waals surface area (Å²) in [6, 6.07) is -0.687. The molecule has 8 N–H and O–H groups in total. The van der Waals surface area contributed by atoms with Gasteiger partial charge >= 0.3 is 23.0 Å². The number of aliphatic hydroxyl groups excluding tert-OH is 1. The Morgan fingerprint density at radius 3 is 2.33 bits per heavy atom. The minimum Gasteiger partial charge on any atom is -0.660 e. The number of H-pyrrole nitrogens is 1. The number of hydrogen-bond donors (Lipinski definition) is 5. The smallest absolute Gasteiger partial charge is 0.660 e. The number of aliphatic carboxylic acids is 1. The number of amides is 2. The van der Waals surface area contributed by atoms with Crippen molar-refractivity contribution in [2.75, 3.05) is 52.4 Å². The minimum absolute atomic E-state index is 0. The van der Waals surface area contributed by atoms with E-state index < -0.39 is 17.9 Å². The van der Waals surface area contributed by atoms with Crippen molar-refractivity contribution in [3.63, 3.8) is 0 Å². The van der Waals surface area contributed by atoms with Gasteiger partial charge in [-0.15, -0.1) is 13.1 Å². The molecule has 0 aliphatic carbocycles.